The van der Waals surface area contributed by atoms with Crippen LogP contribution in [0.2, 0.25) is 0 Å². The van der Waals surface area contributed by atoms with Gasteiger partial charge in [0.25, 0.3) is 0 Å². The molecular formula is C25H26N4O. The molecule has 1 heterocycles. The highest BCUT2D eigenvalue weighted by atomic mass is 16.2. The Morgan fingerprint density at radius 2 is 1.63 bits per heavy atom. The standard InChI is InChI=1S/C25H26N4O/c1-3-29-23-13-5-4-12-22(23)28-24(29)15-14-19-9-7-11-21(17-19)27-25(30)26-20-10-6-8-18(2)16-20/h4-13,16-17H,3,14-15H2,1-2H3,(H2,26,27,30). The van der Waals surface area contributed by atoms with Crippen LogP contribution in [0.4, 0.5) is 16.2 Å². The van der Waals surface area contributed by atoms with Crippen molar-refractivity contribution >= 4 is 28.4 Å². The van der Waals surface area contributed by atoms with E-state index in [0.717, 1.165) is 53.2 Å². The summed E-state index contributed by atoms with van der Waals surface area (Å²) in [4.78, 5) is 17.1. The normalized spacial score (nSPS) is 10.9. The van der Waals surface area contributed by atoms with Crippen molar-refractivity contribution in [3.8, 4) is 0 Å². The second-order valence-electron chi connectivity index (χ2n) is 7.41. The number of rotatable bonds is 6. The minimum atomic E-state index is -0.245. The molecule has 0 spiro atoms. The second kappa shape index (κ2) is 8.82. The van der Waals surface area contributed by atoms with E-state index >= 15 is 0 Å². The number of urea groups is 1. The molecule has 2 amide bonds. The number of carbonyl (C=O) groups excluding carboxylic acids is 1. The summed E-state index contributed by atoms with van der Waals surface area (Å²) in [6.45, 7) is 5.05. The molecule has 2 N–H and O–H groups in total. The molecule has 0 saturated heterocycles. The van der Waals surface area contributed by atoms with E-state index < -0.39 is 0 Å². The van der Waals surface area contributed by atoms with E-state index in [1.807, 2.05) is 55.5 Å². The van der Waals surface area contributed by atoms with Gasteiger partial charge in [-0.25, -0.2) is 9.78 Å². The number of carbonyl (C=O) groups is 1. The summed E-state index contributed by atoms with van der Waals surface area (Å²) in [5.74, 6) is 1.09. The minimum absolute atomic E-state index is 0.245. The molecule has 4 aromatic rings. The van der Waals surface area contributed by atoms with Gasteiger partial charge < -0.3 is 15.2 Å². The average molecular weight is 399 g/mol. The van der Waals surface area contributed by atoms with Gasteiger partial charge in [0.15, 0.2) is 0 Å². The average Bonchev–Trinajstić information content (AvgIpc) is 3.10. The van der Waals surface area contributed by atoms with Crippen LogP contribution in [0.25, 0.3) is 11.0 Å². The van der Waals surface area contributed by atoms with E-state index in [9.17, 15) is 4.79 Å². The van der Waals surface area contributed by atoms with Crippen LogP contribution < -0.4 is 10.6 Å². The van der Waals surface area contributed by atoms with Gasteiger partial charge in [0.2, 0.25) is 0 Å². The first-order chi connectivity index (χ1) is 14.6. The van der Waals surface area contributed by atoms with Crippen molar-refractivity contribution in [2.45, 2.75) is 33.2 Å². The van der Waals surface area contributed by atoms with Crippen LogP contribution in [0.15, 0.2) is 72.8 Å². The molecule has 0 atom stereocenters. The summed E-state index contributed by atoms with van der Waals surface area (Å²) in [7, 11) is 0. The van der Waals surface area contributed by atoms with E-state index in [1.165, 1.54) is 5.52 Å². The van der Waals surface area contributed by atoms with Crippen LogP contribution in [0.3, 0.4) is 0 Å². The number of nitrogens with zero attached hydrogens (tertiary/aromatic N) is 2. The molecular weight excluding hydrogens is 372 g/mol. The van der Waals surface area contributed by atoms with Gasteiger partial charge in [0.05, 0.1) is 11.0 Å². The highest BCUT2D eigenvalue weighted by molar-refractivity contribution is 5.99. The molecule has 0 aliphatic heterocycles. The Labute approximate surface area is 176 Å². The lowest BCUT2D eigenvalue weighted by Crippen LogP contribution is -2.19. The number of imidazole rings is 1. The van der Waals surface area contributed by atoms with Gasteiger partial charge in [-0.05, 0) is 67.8 Å². The highest BCUT2D eigenvalue weighted by Gasteiger charge is 2.09. The third-order valence-electron chi connectivity index (χ3n) is 5.15. The maximum absolute atomic E-state index is 12.3. The molecule has 3 aromatic carbocycles. The Morgan fingerprint density at radius 1 is 0.900 bits per heavy atom. The summed E-state index contributed by atoms with van der Waals surface area (Å²) in [6, 6.07) is 23.7. The molecule has 0 radical (unpaired) electrons. The van der Waals surface area contributed by atoms with Crippen LogP contribution in [-0.4, -0.2) is 15.6 Å². The predicted octanol–water partition coefficient (Wildman–Crippen LogP) is 5.79. The molecule has 5 nitrogen and oxygen atoms in total. The van der Waals surface area contributed by atoms with E-state index in [2.05, 4.69) is 46.4 Å². The van der Waals surface area contributed by atoms with Gasteiger partial charge in [-0.1, -0.05) is 36.4 Å². The van der Waals surface area contributed by atoms with E-state index in [1.54, 1.807) is 0 Å². The zero-order chi connectivity index (χ0) is 20.9. The number of hydrogen-bond acceptors (Lipinski definition) is 2. The fourth-order valence-corrected chi connectivity index (χ4v) is 3.75. The molecule has 152 valence electrons. The number of para-hydroxylation sites is 2. The summed E-state index contributed by atoms with van der Waals surface area (Å²) >= 11 is 0. The Balaban J connectivity index is 1.42. The quantitative estimate of drug-likeness (QED) is 0.432. The first-order valence-electron chi connectivity index (χ1n) is 10.3. The van der Waals surface area contributed by atoms with Gasteiger partial charge in [-0.2, -0.15) is 0 Å². The summed E-state index contributed by atoms with van der Waals surface area (Å²) in [5.41, 5.74) is 6.05. The molecule has 5 heteroatoms. The highest BCUT2D eigenvalue weighted by Crippen LogP contribution is 2.19. The zero-order valence-corrected chi connectivity index (χ0v) is 17.4. The van der Waals surface area contributed by atoms with Crippen LogP contribution in [-0.2, 0) is 19.4 Å². The maximum atomic E-state index is 12.3. The number of anilines is 2. The topological polar surface area (TPSA) is 59.0 Å². The van der Waals surface area contributed by atoms with Gasteiger partial charge in [-0.3, -0.25) is 0 Å². The molecule has 1 aromatic heterocycles. The number of fused-ring (bicyclic) bond motifs is 1. The number of aromatic nitrogens is 2. The number of aryl methyl sites for hydroxylation is 4. The summed E-state index contributed by atoms with van der Waals surface area (Å²) in [6.07, 6.45) is 1.71. The van der Waals surface area contributed by atoms with Crippen LogP contribution in [0, 0.1) is 6.92 Å². The van der Waals surface area contributed by atoms with Crippen molar-refractivity contribution in [2.24, 2.45) is 0 Å². The van der Waals surface area contributed by atoms with Crippen molar-refractivity contribution in [2.75, 3.05) is 10.6 Å². The second-order valence-corrected chi connectivity index (χ2v) is 7.41. The number of nitrogens with one attached hydrogen (secondary N) is 2. The molecule has 0 saturated carbocycles. The van der Waals surface area contributed by atoms with Gasteiger partial charge >= 0.3 is 6.03 Å². The molecule has 0 aliphatic rings. The number of benzene rings is 3. The molecule has 0 aliphatic carbocycles. The Bertz CT molecular complexity index is 1180. The van der Waals surface area contributed by atoms with Crippen molar-refractivity contribution in [3.05, 3.63) is 89.7 Å². The van der Waals surface area contributed by atoms with Crippen molar-refractivity contribution in [1.29, 1.82) is 0 Å². The fourth-order valence-electron chi connectivity index (χ4n) is 3.75. The molecule has 0 bridgehead atoms. The van der Waals surface area contributed by atoms with Gasteiger partial charge in [0, 0.05) is 24.3 Å². The minimum Gasteiger partial charge on any atom is -0.328 e. The van der Waals surface area contributed by atoms with Crippen LogP contribution in [0.1, 0.15) is 23.9 Å². The van der Waals surface area contributed by atoms with Gasteiger partial charge in [0.1, 0.15) is 5.82 Å². The third kappa shape index (κ3) is 4.51. The van der Waals surface area contributed by atoms with E-state index in [0.29, 0.717) is 0 Å². The van der Waals surface area contributed by atoms with E-state index in [4.69, 9.17) is 4.98 Å². The number of amides is 2. The molecule has 0 unspecified atom stereocenters. The third-order valence-corrected chi connectivity index (χ3v) is 5.15. The largest absolute Gasteiger partial charge is 0.328 e. The van der Waals surface area contributed by atoms with Crippen molar-refractivity contribution in [3.63, 3.8) is 0 Å². The molecule has 4 rings (SSSR count). The monoisotopic (exact) mass is 398 g/mol. The zero-order valence-electron chi connectivity index (χ0n) is 17.4. The molecule has 30 heavy (non-hydrogen) atoms. The molecule has 0 fully saturated rings. The predicted molar refractivity (Wildman–Crippen MR) is 123 cm³/mol. The van der Waals surface area contributed by atoms with E-state index in [-0.39, 0.29) is 6.03 Å². The Morgan fingerprint density at radius 3 is 2.40 bits per heavy atom. The number of hydrogen-bond donors (Lipinski definition) is 2. The fraction of sp³-hybridized carbons (Fsp3) is 0.200. The first-order valence-corrected chi connectivity index (χ1v) is 10.3. The van der Waals surface area contributed by atoms with Crippen molar-refractivity contribution in [1.82, 2.24) is 9.55 Å². The lowest BCUT2D eigenvalue weighted by molar-refractivity contribution is 0.262. The summed E-state index contributed by atoms with van der Waals surface area (Å²) in [5, 5.41) is 5.80. The maximum Gasteiger partial charge on any atom is 0.323 e. The lowest BCUT2D eigenvalue weighted by atomic mass is 10.1. The van der Waals surface area contributed by atoms with Crippen molar-refractivity contribution < 1.29 is 4.79 Å². The summed E-state index contributed by atoms with van der Waals surface area (Å²) < 4.78 is 2.27. The lowest BCUT2D eigenvalue weighted by Gasteiger charge is -2.10. The van der Waals surface area contributed by atoms with Crippen LogP contribution in [0.5, 0.6) is 0 Å². The smallest absolute Gasteiger partial charge is 0.323 e. The Hall–Kier alpha value is -3.60. The van der Waals surface area contributed by atoms with Crippen LogP contribution >= 0.6 is 0 Å². The SMILES string of the molecule is CCn1c(CCc2cccc(NC(=O)Nc3cccc(C)c3)c2)nc2ccccc21. The Kier molecular flexibility index (Phi) is 5.80. The first kappa shape index (κ1) is 19.7. The van der Waals surface area contributed by atoms with Gasteiger partial charge in [-0.15, -0.1) is 0 Å².